The van der Waals surface area contributed by atoms with Gasteiger partial charge in [-0.15, -0.1) is 11.3 Å². The van der Waals surface area contributed by atoms with E-state index in [-0.39, 0.29) is 10.9 Å². The Labute approximate surface area is 169 Å². The predicted molar refractivity (Wildman–Crippen MR) is 114 cm³/mol. The van der Waals surface area contributed by atoms with Crippen LogP contribution < -0.4 is 5.43 Å². The second-order valence-electron chi connectivity index (χ2n) is 6.58. The van der Waals surface area contributed by atoms with Gasteiger partial charge in [0.1, 0.15) is 0 Å². The summed E-state index contributed by atoms with van der Waals surface area (Å²) in [5.74, 6) is 0. The van der Waals surface area contributed by atoms with E-state index in [0.717, 1.165) is 26.9 Å². The van der Waals surface area contributed by atoms with Crippen molar-refractivity contribution in [1.82, 2.24) is 19.9 Å². The molecule has 3 aromatic heterocycles. The molecule has 2 aromatic carbocycles. The van der Waals surface area contributed by atoms with Gasteiger partial charge in [-0.1, -0.05) is 18.2 Å². The number of thiazole rings is 1. The Morgan fingerprint density at radius 1 is 1.10 bits per heavy atom. The van der Waals surface area contributed by atoms with Crippen LogP contribution in [0.1, 0.15) is 11.1 Å². The molecule has 0 saturated heterocycles. The largest absolute Gasteiger partial charge is 0.345 e. The molecule has 0 spiro atoms. The summed E-state index contributed by atoms with van der Waals surface area (Å²) in [5, 5.41) is 9.44. The summed E-state index contributed by atoms with van der Waals surface area (Å²) in [7, 11) is 0. The van der Waals surface area contributed by atoms with Gasteiger partial charge in [-0.3, -0.25) is 4.79 Å². The van der Waals surface area contributed by atoms with Crippen molar-refractivity contribution in [3.8, 4) is 28.6 Å². The van der Waals surface area contributed by atoms with Crippen LogP contribution in [0.25, 0.3) is 43.9 Å². The highest BCUT2D eigenvalue weighted by Gasteiger charge is 2.18. The lowest BCUT2D eigenvalue weighted by Gasteiger charge is -2.13. The maximum absolute atomic E-state index is 12.4. The van der Waals surface area contributed by atoms with E-state index < -0.39 is 0 Å². The second-order valence-corrected chi connectivity index (χ2v) is 7.47. The number of H-pyrrole nitrogens is 1. The van der Waals surface area contributed by atoms with Crippen molar-refractivity contribution in [3.05, 3.63) is 75.5 Å². The molecular weight excluding hydrogens is 382 g/mol. The van der Waals surface area contributed by atoms with Crippen molar-refractivity contribution in [2.75, 3.05) is 0 Å². The quantitative estimate of drug-likeness (QED) is 0.477. The number of benzene rings is 2. The summed E-state index contributed by atoms with van der Waals surface area (Å²) < 4.78 is 1.03. The molecule has 0 radical (unpaired) electrons. The van der Waals surface area contributed by atoms with E-state index in [1.165, 1.54) is 6.07 Å². The molecule has 1 N–H and O–H groups in total. The number of fused-ring (bicyclic) bond motifs is 2. The number of hydrogen-bond acceptors (Lipinski definition) is 6. The Hall–Kier alpha value is -3.89. The van der Waals surface area contributed by atoms with Gasteiger partial charge in [0.2, 0.25) is 5.43 Å². The molecule has 7 heteroatoms. The van der Waals surface area contributed by atoms with E-state index >= 15 is 0 Å². The molecule has 6 nitrogen and oxygen atoms in total. The zero-order valence-electron chi connectivity index (χ0n) is 15.3. The third kappa shape index (κ3) is 2.78. The number of aromatic nitrogens is 4. The molecule has 0 aliphatic rings. The molecule has 0 bridgehead atoms. The van der Waals surface area contributed by atoms with E-state index in [9.17, 15) is 10.1 Å². The topological polar surface area (TPSA) is 95.3 Å². The van der Waals surface area contributed by atoms with E-state index in [2.05, 4.69) is 16.0 Å². The summed E-state index contributed by atoms with van der Waals surface area (Å²) in [5.41, 5.74) is 7.49. The molecule has 29 heavy (non-hydrogen) atoms. The average Bonchev–Trinajstić information content (AvgIpc) is 3.21. The maximum Gasteiger partial charge on any atom is 0.209 e. The third-order valence-corrected chi connectivity index (χ3v) is 5.69. The van der Waals surface area contributed by atoms with Gasteiger partial charge < -0.3 is 4.98 Å². The fourth-order valence-corrected chi connectivity index (χ4v) is 4.10. The lowest BCUT2D eigenvalue weighted by molar-refractivity contribution is 1.21. The summed E-state index contributed by atoms with van der Waals surface area (Å²) in [4.78, 5) is 29.2. The Bertz CT molecular complexity index is 1510. The number of nitrogens with one attached hydrogen (secondary N) is 1. The van der Waals surface area contributed by atoms with Crippen LogP contribution >= 0.6 is 11.3 Å². The molecule has 0 aliphatic carbocycles. The Morgan fingerprint density at radius 3 is 2.86 bits per heavy atom. The average molecular weight is 395 g/mol. The lowest BCUT2D eigenvalue weighted by Crippen LogP contribution is -2.07. The third-order valence-electron chi connectivity index (χ3n) is 4.90. The Balaban J connectivity index is 1.88. The van der Waals surface area contributed by atoms with Crippen LogP contribution in [0.15, 0.2) is 59.0 Å². The fraction of sp³-hybridized carbons (Fsp3) is 0.0455. The molecule has 0 amide bonds. The predicted octanol–water partition coefficient (Wildman–Crippen LogP) is 4.44. The monoisotopic (exact) mass is 395 g/mol. The molecule has 5 rings (SSSR count). The second kappa shape index (κ2) is 6.62. The van der Waals surface area contributed by atoms with Crippen molar-refractivity contribution in [1.29, 1.82) is 5.26 Å². The van der Waals surface area contributed by atoms with Gasteiger partial charge in [-0.05, 0) is 30.7 Å². The number of nitriles is 1. The van der Waals surface area contributed by atoms with E-state index in [1.807, 2.05) is 37.3 Å². The van der Waals surface area contributed by atoms with Gasteiger partial charge in [0.05, 0.1) is 38.7 Å². The Morgan fingerprint density at radius 2 is 2.00 bits per heavy atom. The number of nitrogens with zero attached hydrogens (tertiary/aromatic N) is 4. The maximum atomic E-state index is 12.4. The number of aromatic amines is 1. The SMILES string of the molecule is Cc1c(C#N)cccc1-c1nc2[nH]ccc(=O)c2nc1-c1ccc2ncsc2c1. The summed E-state index contributed by atoms with van der Waals surface area (Å²) >= 11 is 1.54. The van der Waals surface area contributed by atoms with Gasteiger partial charge in [0.15, 0.2) is 11.2 Å². The first-order valence-electron chi connectivity index (χ1n) is 8.89. The molecule has 138 valence electrons. The first kappa shape index (κ1) is 17.2. The molecule has 3 heterocycles. The van der Waals surface area contributed by atoms with E-state index in [0.29, 0.717) is 22.6 Å². The summed E-state index contributed by atoms with van der Waals surface area (Å²) in [6.45, 7) is 1.89. The van der Waals surface area contributed by atoms with Gasteiger partial charge in [-0.25, -0.2) is 15.0 Å². The molecular formula is C22H13N5OS. The highest BCUT2D eigenvalue weighted by Crippen LogP contribution is 2.34. The first-order chi connectivity index (χ1) is 14.2. The van der Waals surface area contributed by atoms with Crippen LogP contribution in [0.2, 0.25) is 0 Å². The number of rotatable bonds is 2. The van der Waals surface area contributed by atoms with Gasteiger partial charge in [-0.2, -0.15) is 5.26 Å². The normalized spacial score (nSPS) is 11.0. The molecule has 0 fully saturated rings. The summed E-state index contributed by atoms with van der Waals surface area (Å²) in [6, 6.07) is 15.1. The van der Waals surface area contributed by atoms with Crippen LogP contribution in [0.5, 0.6) is 0 Å². The molecule has 0 unspecified atom stereocenters. The van der Waals surface area contributed by atoms with Crippen molar-refractivity contribution in [3.63, 3.8) is 0 Å². The van der Waals surface area contributed by atoms with Crippen LogP contribution in [0, 0.1) is 18.3 Å². The number of pyridine rings is 1. The van der Waals surface area contributed by atoms with Crippen molar-refractivity contribution >= 4 is 32.7 Å². The highest BCUT2D eigenvalue weighted by atomic mass is 32.1. The fourth-order valence-electron chi connectivity index (χ4n) is 3.39. The van der Waals surface area contributed by atoms with Crippen LogP contribution in [0.3, 0.4) is 0 Å². The van der Waals surface area contributed by atoms with E-state index in [1.54, 1.807) is 29.1 Å². The minimum absolute atomic E-state index is 0.194. The van der Waals surface area contributed by atoms with Crippen molar-refractivity contribution in [2.24, 2.45) is 0 Å². The van der Waals surface area contributed by atoms with Gasteiger partial charge in [0, 0.05) is 23.4 Å². The van der Waals surface area contributed by atoms with Crippen LogP contribution in [0.4, 0.5) is 0 Å². The minimum atomic E-state index is -0.194. The van der Waals surface area contributed by atoms with Gasteiger partial charge in [0.25, 0.3) is 0 Å². The molecule has 5 aromatic rings. The van der Waals surface area contributed by atoms with E-state index in [4.69, 9.17) is 9.97 Å². The van der Waals surface area contributed by atoms with Crippen LogP contribution in [-0.4, -0.2) is 19.9 Å². The smallest absolute Gasteiger partial charge is 0.209 e. The highest BCUT2D eigenvalue weighted by molar-refractivity contribution is 7.16. The van der Waals surface area contributed by atoms with Crippen molar-refractivity contribution in [2.45, 2.75) is 6.92 Å². The lowest BCUT2D eigenvalue weighted by atomic mass is 9.97. The van der Waals surface area contributed by atoms with Crippen LogP contribution in [-0.2, 0) is 0 Å². The molecule has 0 atom stereocenters. The van der Waals surface area contributed by atoms with Crippen molar-refractivity contribution < 1.29 is 0 Å². The number of hydrogen-bond donors (Lipinski definition) is 1. The van der Waals surface area contributed by atoms with Gasteiger partial charge >= 0.3 is 0 Å². The molecule has 0 aliphatic heterocycles. The minimum Gasteiger partial charge on any atom is -0.345 e. The Kier molecular flexibility index (Phi) is 3.93. The first-order valence-corrected chi connectivity index (χ1v) is 9.77. The zero-order chi connectivity index (χ0) is 20.0. The summed E-state index contributed by atoms with van der Waals surface area (Å²) in [6.07, 6.45) is 1.56. The zero-order valence-corrected chi connectivity index (χ0v) is 16.1. The molecule has 0 saturated carbocycles. The standard InChI is InChI=1S/C22H13N5OS/c1-12-14(10-23)3-2-4-15(12)20-19(13-5-6-16-18(9-13)29-11-25-16)26-21-17(28)7-8-24-22(21)27-20/h2-9,11H,1H3,(H,24,27,28).